The van der Waals surface area contributed by atoms with Crippen LogP contribution in [0.25, 0.3) is 10.6 Å². The van der Waals surface area contributed by atoms with Gasteiger partial charge in [0.05, 0.1) is 5.70 Å². The first-order valence-corrected chi connectivity index (χ1v) is 8.80. The molecule has 0 aliphatic carbocycles. The van der Waals surface area contributed by atoms with Crippen LogP contribution in [0.2, 0.25) is 0 Å². The van der Waals surface area contributed by atoms with E-state index in [4.69, 9.17) is 0 Å². The second-order valence-electron chi connectivity index (χ2n) is 4.79. The van der Waals surface area contributed by atoms with Crippen molar-refractivity contribution in [3.05, 3.63) is 47.1 Å². The molecule has 0 saturated carbocycles. The molecule has 118 valence electrons. The first-order valence-electron chi connectivity index (χ1n) is 6.59. The van der Waals surface area contributed by atoms with Gasteiger partial charge in [-0.3, -0.25) is 9.10 Å². The van der Waals surface area contributed by atoms with E-state index < -0.39 is 10.2 Å². The molecule has 7 nitrogen and oxygen atoms in total. The van der Waals surface area contributed by atoms with Crippen molar-refractivity contribution in [1.29, 1.82) is 0 Å². The maximum absolute atomic E-state index is 12.1. The molecule has 1 aromatic heterocycles. The molecule has 2 aromatic rings. The second kappa shape index (κ2) is 5.67. The molecule has 3 rings (SSSR count). The molecule has 0 bridgehead atoms. The van der Waals surface area contributed by atoms with Crippen molar-refractivity contribution in [1.82, 2.24) is 14.5 Å². The van der Waals surface area contributed by atoms with Gasteiger partial charge in [-0.15, -0.1) is 14.6 Å². The van der Waals surface area contributed by atoms with E-state index in [2.05, 4.69) is 14.6 Å². The van der Waals surface area contributed by atoms with Crippen molar-refractivity contribution in [2.45, 2.75) is 6.92 Å². The van der Waals surface area contributed by atoms with Crippen LogP contribution >= 0.6 is 11.3 Å². The Bertz CT molecular complexity index is 930. The third kappa shape index (κ3) is 2.92. The number of allylic oxidation sites excluding steroid dienone is 2. The van der Waals surface area contributed by atoms with E-state index in [0.717, 1.165) is 9.87 Å². The molecule has 0 unspecified atom stereocenters. The minimum absolute atomic E-state index is 0.0476. The normalized spacial score (nSPS) is 16.7. The van der Waals surface area contributed by atoms with Gasteiger partial charge in [-0.25, -0.2) is 0 Å². The summed E-state index contributed by atoms with van der Waals surface area (Å²) >= 11 is 1.22. The summed E-state index contributed by atoms with van der Waals surface area (Å²) in [7, 11) is -2.65. The molecular weight excluding hydrogens is 336 g/mol. The molecule has 1 aromatic carbocycles. The number of ketones is 1. The summed E-state index contributed by atoms with van der Waals surface area (Å²) < 4.78 is 28.7. The Balaban J connectivity index is 2.05. The quantitative estimate of drug-likeness (QED) is 0.841. The molecule has 2 heterocycles. The molecule has 1 aliphatic heterocycles. The lowest BCUT2D eigenvalue weighted by atomic mass is 10.2. The fourth-order valence-corrected chi connectivity index (χ4v) is 3.81. The van der Waals surface area contributed by atoms with E-state index in [1.807, 2.05) is 30.3 Å². The van der Waals surface area contributed by atoms with Crippen LogP contribution in [-0.2, 0) is 15.0 Å². The summed E-state index contributed by atoms with van der Waals surface area (Å²) in [4.78, 5) is 11.6. The zero-order chi connectivity index (χ0) is 16.6. The first-order chi connectivity index (χ1) is 10.9. The summed E-state index contributed by atoms with van der Waals surface area (Å²) in [6.45, 7) is 1.30. The lowest BCUT2D eigenvalue weighted by Crippen LogP contribution is -2.32. The molecule has 0 saturated heterocycles. The molecule has 0 atom stereocenters. The Morgan fingerprint density at radius 1 is 1.13 bits per heavy atom. The number of nitrogens with zero attached hydrogens (tertiary/aromatic N) is 4. The minimum atomic E-state index is -3.94. The number of benzene rings is 1. The summed E-state index contributed by atoms with van der Waals surface area (Å²) in [6, 6.07) is 9.41. The highest BCUT2D eigenvalue weighted by Crippen LogP contribution is 2.26. The third-order valence-corrected chi connectivity index (χ3v) is 5.51. The van der Waals surface area contributed by atoms with Gasteiger partial charge in [0.15, 0.2) is 10.8 Å². The van der Waals surface area contributed by atoms with Crippen molar-refractivity contribution < 1.29 is 13.2 Å². The highest BCUT2D eigenvalue weighted by molar-refractivity contribution is 7.88. The van der Waals surface area contributed by atoms with Crippen molar-refractivity contribution in [2.75, 3.05) is 7.05 Å². The van der Waals surface area contributed by atoms with Gasteiger partial charge in [0, 0.05) is 19.5 Å². The number of carbonyl (C=O) groups is 1. The van der Waals surface area contributed by atoms with Gasteiger partial charge in [-0.1, -0.05) is 41.7 Å². The van der Waals surface area contributed by atoms with Gasteiger partial charge in [-0.05, 0) is 6.08 Å². The van der Waals surface area contributed by atoms with Crippen LogP contribution < -0.4 is 0 Å². The van der Waals surface area contributed by atoms with Crippen LogP contribution in [0.4, 0.5) is 0 Å². The van der Waals surface area contributed by atoms with E-state index in [1.54, 1.807) is 0 Å². The maximum atomic E-state index is 12.1. The molecule has 1 aliphatic rings. The Labute approximate surface area is 137 Å². The van der Waals surface area contributed by atoms with E-state index in [-0.39, 0.29) is 17.2 Å². The van der Waals surface area contributed by atoms with Gasteiger partial charge in [0.25, 0.3) is 0 Å². The van der Waals surface area contributed by atoms with Crippen LogP contribution in [0.5, 0.6) is 0 Å². The maximum Gasteiger partial charge on any atom is 0.345 e. The Kier molecular flexibility index (Phi) is 3.82. The monoisotopic (exact) mass is 348 g/mol. The van der Waals surface area contributed by atoms with Crippen molar-refractivity contribution in [2.24, 2.45) is 4.40 Å². The standard InChI is InChI=1S/C14H12N4O3S2/c1-9(19)12-8-11(17-23(20,21)18(12)2)14-16-15-13(22-14)10-6-4-3-5-7-10/h3-8H,1-2H3. The number of Topliss-reactive ketones (excluding diaryl/α,β-unsaturated/α-hetero) is 1. The fraction of sp³-hybridized carbons (Fsp3) is 0.143. The first kappa shape index (κ1) is 15.5. The Morgan fingerprint density at radius 2 is 1.78 bits per heavy atom. The predicted molar refractivity (Wildman–Crippen MR) is 87.3 cm³/mol. The molecule has 0 amide bonds. The molecule has 23 heavy (non-hydrogen) atoms. The molecule has 9 heteroatoms. The number of hydrogen-bond donors (Lipinski definition) is 0. The van der Waals surface area contributed by atoms with Crippen LogP contribution in [0.15, 0.2) is 46.5 Å². The number of aromatic nitrogens is 2. The molecule has 0 fully saturated rings. The summed E-state index contributed by atoms with van der Waals surface area (Å²) in [5.41, 5.74) is 1.04. The van der Waals surface area contributed by atoms with Gasteiger partial charge < -0.3 is 0 Å². The summed E-state index contributed by atoms with van der Waals surface area (Å²) in [5, 5.41) is 9.06. The minimum Gasteiger partial charge on any atom is -0.293 e. The van der Waals surface area contributed by atoms with Crippen LogP contribution in [0, 0.1) is 0 Å². The molecule has 0 spiro atoms. The lowest BCUT2D eigenvalue weighted by Gasteiger charge is -2.21. The second-order valence-corrected chi connectivity index (χ2v) is 7.39. The smallest absolute Gasteiger partial charge is 0.293 e. The van der Waals surface area contributed by atoms with Crippen LogP contribution in [0.3, 0.4) is 0 Å². The highest BCUT2D eigenvalue weighted by Gasteiger charge is 2.29. The number of likely N-dealkylation sites (N-methyl/N-ethyl adjacent to an activating group) is 1. The van der Waals surface area contributed by atoms with E-state index in [0.29, 0.717) is 10.0 Å². The van der Waals surface area contributed by atoms with Crippen molar-refractivity contribution >= 4 is 33.0 Å². The summed E-state index contributed by atoms with van der Waals surface area (Å²) in [5.74, 6) is -0.365. The zero-order valence-corrected chi connectivity index (χ0v) is 13.9. The number of hydrogen-bond acceptors (Lipinski definition) is 6. The average Bonchev–Trinajstić information content (AvgIpc) is 3.00. The topological polar surface area (TPSA) is 92.6 Å². The Hall–Kier alpha value is -2.39. The molecule has 0 N–H and O–H groups in total. The van der Waals surface area contributed by atoms with Gasteiger partial charge >= 0.3 is 10.2 Å². The summed E-state index contributed by atoms with van der Waals surface area (Å²) in [6.07, 6.45) is 1.42. The van der Waals surface area contributed by atoms with Gasteiger partial charge in [-0.2, -0.15) is 8.42 Å². The van der Waals surface area contributed by atoms with Crippen molar-refractivity contribution in [3.8, 4) is 10.6 Å². The van der Waals surface area contributed by atoms with Gasteiger partial charge in [0.1, 0.15) is 10.7 Å². The highest BCUT2D eigenvalue weighted by atomic mass is 32.2. The third-order valence-electron chi connectivity index (χ3n) is 3.20. The zero-order valence-electron chi connectivity index (χ0n) is 12.3. The van der Waals surface area contributed by atoms with E-state index in [1.165, 1.54) is 31.4 Å². The van der Waals surface area contributed by atoms with Crippen molar-refractivity contribution in [3.63, 3.8) is 0 Å². The fourth-order valence-electron chi connectivity index (χ4n) is 2.00. The van der Waals surface area contributed by atoms with E-state index >= 15 is 0 Å². The largest absolute Gasteiger partial charge is 0.345 e. The van der Waals surface area contributed by atoms with E-state index in [9.17, 15) is 13.2 Å². The molecular formula is C14H12N4O3S2. The number of rotatable bonds is 3. The van der Waals surface area contributed by atoms with Crippen LogP contribution in [-0.4, -0.2) is 41.5 Å². The van der Waals surface area contributed by atoms with Crippen LogP contribution in [0.1, 0.15) is 11.9 Å². The predicted octanol–water partition coefficient (Wildman–Crippen LogP) is 1.66. The average molecular weight is 348 g/mol. The lowest BCUT2D eigenvalue weighted by molar-refractivity contribution is -0.114. The molecule has 0 radical (unpaired) electrons. The number of carbonyl (C=O) groups excluding carboxylic acids is 1. The Morgan fingerprint density at radius 3 is 2.43 bits per heavy atom. The van der Waals surface area contributed by atoms with Gasteiger partial charge in [0.2, 0.25) is 0 Å². The SMILES string of the molecule is CC(=O)C1=CC(c2nnc(-c3ccccc3)s2)=NS(=O)(=O)N1C.